The highest BCUT2D eigenvalue weighted by Crippen LogP contribution is 2.14. The van der Waals surface area contributed by atoms with Crippen LogP contribution >= 0.6 is 0 Å². The zero-order valence-corrected chi connectivity index (χ0v) is 9.58. The molecule has 0 aliphatic rings. The fourth-order valence-electron chi connectivity index (χ4n) is 1.68. The summed E-state index contributed by atoms with van der Waals surface area (Å²) in [7, 11) is 0. The molecular weight excluding hydrogens is 214 g/mol. The minimum atomic E-state index is 0.0857. The summed E-state index contributed by atoms with van der Waals surface area (Å²) in [5, 5.41) is 9.01. The number of para-hydroxylation sites is 2. The first kappa shape index (κ1) is 11.5. The summed E-state index contributed by atoms with van der Waals surface area (Å²) < 4.78 is 0. The minimum absolute atomic E-state index is 0.0857. The molecule has 1 heterocycles. The summed E-state index contributed by atoms with van der Waals surface area (Å²) in [4.78, 5) is 10.8. The number of hydrogen-bond acceptors (Lipinski definition) is 4. The van der Waals surface area contributed by atoms with E-state index in [9.17, 15) is 0 Å². The van der Waals surface area contributed by atoms with Crippen LogP contribution in [0, 0.1) is 0 Å². The van der Waals surface area contributed by atoms with E-state index >= 15 is 0 Å². The second-order valence-corrected chi connectivity index (χ2v) is 3.68. The molecule has 1 aromatic carbocycles. The zero-order valence-electron chi connectivity index (χ0n) is 9.58. The maximum Gasteiger partial charge on any atom is 0.148 e. The van der Waals surface area contributed by atoms with E-state index in [1.165, 1.54) is 0 Å². The van der Waals surface area contributed by atoms with Crippen molar-refractivity contribution in [2.24, 2.45) is 0 Å². The van der Waals surface area contributed by atoms with Gasteiger partial charge < -0.3 is 10.0 Å². The average molecular weight is 229 g/mol. The summed E-state index contributed by atoms with van der Waals surface area (Å²) in [5.74, 6) is 0.762. The van der Waals surface area contributed by atoms with E-state index in [-0.39, 0.29) is 6.61 Å². The van der Waals surface area contributed by atoms with Crippen molar-refractivity contribution < 1.29 is 5.11 Å². The first-order chi connectivity index (χ1) is 8.35. The van der Waals surface area contributed by atoms with Gasteiger partial charge in [-0.1, -0.05) is 18.2 Å². The number of fused-ring (bicyclic) bond motifs is 1. The molecule has 0 bridgehead atoms. The second kappa shape index (κ2) is 5.41. The van der Waals surface area contributed by atoms with Gasteiger partial charge in [0.15, 0.2) is 0 Å². The summed E-state index contributed by atoms with van der Waals surface area (Å²) in [5.41, 5.74) is 1.73. The first-order valence-electron chi connectivity index (χ1n) is 5.53. The number of nitrogens with zero attached hydrogens (tertiary/aromatic N) is 3. The molecule has 17 heavy (non-hydrogen) atoms. The molecule has 88 valence electrons. The molecule has 4 heteroatoms. The van der Waals surface area contributed by atoms with E-state index in [4.69, 9.17) is 5.11 Å². The Hall–Kier alpha value is -1.94. The fraction of sp³-hybridized carbons (Fsp3) is 0.231. The predicted octanol–water partition coefficient (Wildman–Crippen LogP) is 1.61. The van der Waals surface area contributed by atoms with Gasteiger partial charge in [0, 0.05) is 13.1 Å². The summed E-state index contributed by atoms with van der Waals surface area (Å²) >= 11 is 0. The van der Waals surface area contributed by atoms with Gasteiger partial charge in [-0.2, -0.15) is 0 Å². The van der Waals surface area contributed by atoms with E-state index < -0.39 is 0 Å². The quantitative estimate of drug-likeness (QED) is 0.791. The van der Waals surface area contributed by atoms with Gasteiger partial charge in [0.1, 0.15) is 5.82 Å². The molecule has 0 atom stereocenters. The molecule has 4 nitrogen and oxygen atoms in total. The number of aromatic nitrogens is 2. The van der Waals surface area contributed by atoms with Crippen LogP contribution in [0.2, 0.25) is 0 Å². The van der Waals surface area contributed by atoms with E-state index in [1.54, 1.807) is 12.3 Å². The lowest BCUT2D eigenvalue weighted by Crippen LogP contribution is -2.27. The molecule has 2 rings (SSSR count). The van der Waals surface area contributed by atoms with Crippen LogP contribution < -0.4 is 4.90 Å². The van der Waals surface area contributed by atoms with Crippen LogP contribution in [0.15, 0.2) is 43.1 Å². The number of aliphatic hydroxyl groups excluding tert-OH is 1. The van der Waals surface area contributed by atoms with Crippen LogP contribution in [0.5, 0.6) is 0 Å². The van der Waals surface area contributed by atoms with Gasteiger partial charge in [-0.05, 0) is 12.1 Å². The van der Waals surface area contributed by atoms with Crippen molar-refractivity contribution in [2.45, 2.75) is 0 Å². The van der Waals surface area contributed by atoms with E-state index in [0.29, 0.717) is 13.1 Å². The summed E-state index contributed by atoms with van der Waals surface area (Å²) in [6.45, 7) is 4.96. The highest BCUT2D eigenvalue weighted by atomic mass is 16.3. The van der Waals surface area contributed by atoms with E-state index in [2.05, 4.69) is 16.5 Å². The topological polar surface area (TPSA) is 49.2 Å². The zero-order chi connectivity index (χ0) is 12.1. The number of rotatable bonds is 5. The highest BCUT2D eigenvalue weighted by Gasteiger charge is 2.06. The van der Waals surface area contributed by atoms with Gasteiger partial charge in [0.25, 0.3) is 0 Å². The number of aliphatic hydroxyl groups is 1. The van der Waals surface area contributed by atoms with Crippen molar-refractivity contribution in [1.82, 2.24) is 9.97 Å². The van der Waals surface area contributed by atoms with Crippen LogP contribution in [0.25, 0.3) is 11.0 Å². The van der Waals surface area contributed by atoms with Gasteiger partial charge in [0.05, 0.1) is 23.8 Å². The minimum Gasteiger partial charge on any atom is -0.395 e. The number of benzene rings is 1. The molecule has 0 saturated carbocycles. The lowest BCUT2D eigenvalue weighted by Gasteiger charge is -2.20. The molecule has 0 fully saturated rings. The van der Waals surface area contributed by atoms with Gasteiger partial charge in [-0.15, -0.1) is 6.58 Å². The monoisotopic (exact) mass is 229 g/mol. The van der Waals surface area contributed by atoms with Crippen LogP contribution in [0.4, 0.5) is 5.82 Å². The molecule has 0 aliphatic heterocycles. The SMILES string of the molecule is C=CCN(CCO)c1cnc2ccccc2n1. The Morgan fingerprint density at radius 1 is 1.29 bits per heavy atom. The third-order valence-electron chi connectivity index (χ3n) is 2.48. The van der Waals surface area contributed by atoms with Gasteiger partial charge in [0.2, 0.25) is 0 Å². The Balaban J connectivity index is 2.35. The molecule has 1 N–H and O–H groups in total. The van der Waals surface area contributed by atoms with Gasteiger partial charge in [-0.3, -0.25) is 4.98 Å². The molecule has 0 radical (unpaired) electrons. The maximum atomic E-state index is 9.01. The standard InChI is InChI=1S/C13H15N3O/c1-2-7-16(8-9-17)13-10-14-11-5-3-4-6-12(11)15-13/h2-6,10,17H,1,7-9H2. The third-order valence-corrected chi connectivity index (χ3v) is 2.48. The van der Waals surface area contributed by atoms with Crippen molar-refractivity contribution >= 4 is 16.9 Å². The Morgan fingerprint density at radius 2 is 2.06 bits per heavy atom. The van der Waals surface area contributed by atoms with Crippen LogP contribution in [0.3, 0.4) is 0 Å². The van der Waals surface area contributed by atoms with Crippen LogP contribution in [-0.4, -0.2) is 34.8 Å². The lowest BCUT2D eigenvalue weighted by molar-refractivity contribution is 0.302. The van der Waals surface area contributed by atoms with E-state index in [0.717, 1.165) is 16.9 Å². The molecule has 2 aromatic rings. The normalized spacial score (nSPS) is 10.4. The summed E-state index contributed by atoms with van der Waals surface area (Å²) in [6.07, 6.45) is 3.51. The van der Waals surface area contributed by atoms with Crippen molar-refractivity contribution in [3.05, 3.63) is 43.1 Å². The van der Waals surface area contributed by atoms with Gasteiger partial charge >= 0.3 is 0 Å². The predicted molar refractivity (Wildman–Crippen MR) is 69.0 cm³/mol. The van der Waals surface area contributed by atoms with Crippen molar-refractivity contribution in [3.8, 4) is 0 Å². The highest BCUT2D eigenvalue weighted by molar-refractivity contribution is 5.75. The second-order valence-electron chi connectivity index (χ2n) is 3.68. The maximum absolute atomic E-state index is 9.01. The van der Waals surface area contributed by atoms with Crippen LogP contribution in [-0.2, 0) is 0 Å². The summed E-state index contributed by atoms with van der Waals surface area (Å²) in [6, 6.07) is 7.73. The molecule has 1 aromatic heterocycles. The molecule has 0 unspecified atom stereocenters. The fourth-order valence-corrected chi connectivity index (χ4v) is 1.68. The van der Waals surface area contributed by atoms with Gasteiger partial charge in [-0.25, -0.2) is 4.98 Å². The Morgan fingerprint density at radius 3 is 2.76 bits per heavy atom. The molecule has 0 aliphatic carbocycles. The Bertz CT molecular complexity index is 513. The van der Waals surface area contributed by atoms with Crippen molar-refractivity contribution in [3.63, 3.8) is 0 Å². The Kier molecular flexibility index (Phi) is 3.67. The van der Waals surface area contributed by atoms with E-state index in [1.807, 2.05) is 29.2 Å². The molecule has 0 amide bonds. The Labute approximate surface area is 100 Å². The molecule has 0 spiro atoms. The molecular formula is C13H15N3O. The van der Waals surface area contributed by atoms with Crippen molar-refractivity contribution in [2.75, 3.05) is 24.6 Å². The van der Waals surface area contributed by atoms with Crippen molar-refractivity contribution in [1.29, 1.82) is 0 Å². The molecule has 0 saturated heterocycles. The van der Waals surface area contributed by atoms with Crippen LogP contribution in [0.1, 0.15) is 0 Å². The smallest absolute Gasteiger partial charge is 0.148 e. The lowest BCUT2D eigenvalue weighted by atomic mass is 10.3. The average Bonchev–Trinajstić information content (AvgIpc) is 2.38. The third kappa shape index (κ3) is 2.60. The number of anilines is 1. The number of hydrogen-bond donors (Lipinski definition) is 1. The largest absolute Gasteiger partial charge is 0.395 e. The first-order valence-corrected chi connectivity index (χ1v) is 5.53.